The Balaban J connectivity index is 1.92. The first-order chi connectivity index (χ1) is 11.2. The summed E-state index contributed by atoms with van der Waals surface area (Å²) in [6.07, 6.45) is 5.26. The Morgan fingerprint density at radius 1 is 1.09 bits per heavy atom. The van der Waals surface area contributed by atoms with Gasteiger partial charge in [0.05, 0.1) is 6.61 Å². The molecule has 0 aromatic heterocycles. The molecule has 23 heavy (non-hydrogen) atoms. The summed E-state index contributed by atoms with van der Waals surface area (Å²) in [5.41, 5.74) is 3.48. The number of ether oxygens (including phenoxy) is 2. The third-order valence-corrected chi connectivity index (χ3v) is 3.81. The Morgan fingerprint density at radius 3 is 2.52 bits per heavy atom. The van der Waals surface area contributed by atoms with Crippen molar-refractivity contribution in [2.45, 2.75) is 19.7 Å². The lowest BCUT2D eigenvalue weighted by molar-refractivity contribution is 0.185. The molecular weight excluding hydrogens is 354 g/mol. The molecule has 0 heterocycles. The first kappa shape index (κ1) is 17.6. The van der Waals surface area contributed by atoms with Gasteiger partial charge in [-0.25, -0.2) is 0 Å². The van der Waals surface area contributed by atoms with Crippen LogP contribution in [0.25, 0.3) is 0 Å². The van der Waals surface area contributed by atoms with E-state index in [-0.39, 0.29) is 6.61 Å². The molecule has 0 spiro atoms. The van der Waals surface area contributed by atoms with Crippen molar-refractivity contribution in [3.63, 3.8) is 0 Å². The maximum atomic E-state index is 5.58. The Kier molecular flexibility index (Phi) is 7.15. The Hall–Kier alpha value is -1.80. The van der Waals surface area contributed by atoms with Crippen molar-refractivity contribution in [1.82, 2.24) is 5.32 Å². The second-order valence-electron chi connectivity index (χ2n) is 5.10. The zero-order valence-electron chi connectivity index (χ0n) is 13.1. The number of rotatable bonds is 8. The molecule has 3 nitrogen and oxygen atoms in total. The average Bonchev–Trinajstić information content (AvgIpc) is 2.56. The van der Waals surface area contributed by atoms with Crippen LogP contribution in [0.1, 0.15) is 16.7 Å². The standard InChI is InChI=1S/C19H20BrNO2/c1-3-10-23-19-9-8-18(20)11-17(19)13-21-12-15-4-6-16(7-5-15)14-22-2/h1,4-9,11,21H,10,12-14H2,2H3. The number of hydrogen-bond acceptors (Lipinski definition) is 3. The van der Waals surface area contributed by atoms with Gasteiger partial charge in [-0.05, 0) is 29.3 Å². The van der Waals surface area contributed by atoms with Crippen LogP contribution in [0.3, 0.4) is 0 Å². The van der Waals surface area contributed by atoms with Crippen LogP contribution in [0.5, 0.6) is 5.75 Å². The number of hydrogen-bond donors (Lipinski definition) is 1. The van der Waals surface area contributed by atoms with Crippen LogP contribution in [0, 0.1) is 12.3 Å². The molecule has 0 bridgehead atoms. The van der Waals surface area contributed by atoms with Crippen LogP contribution in [0.2, 0.25) is 0 Å². The number of halogens is 1. The van der Waals surface area contributed by atoms with E-state index in [1.807, 2.05) is 18.2 Å². The normalized spacial score (nSPS) is 10.3. The maximum Gasteiger partial charge on any atom is 0.148 e. The molecule has 2 aromatic carbocycles. The van der Waals surface area contributed by atoms with Gasteiger partial charge in [-0.15, -0.1) is 6.42 Å². The minimum atomic E-state index is 0.273. The summed E-state index contributed by atoms with van der Waals surface area (Å²) in [5, 5.41) is 3.43. The van der Waals surface area contributed by atoms with Crippen molar-refractivity contribution < 1.29 is 9.47 Å². The Labute approximate surface area is 146 Å². The highest BCUT2D eigenvalue weighted by atomic mass is 79.9. The summed E-state index contributed by atoms with van der Waals surface area (Å²) in [7, 11) is 1.70. The molecule has 0 saturated carbocycles. The summed E-state index contributed by atoms with van der Waals surface area (Å²) in [4.78, 5) is 0. The second kappa shape index (κ2) is 9.36. The molecule has 2 rings (SSSR count). The lowest BCUT2D eigenvalue weighted by Crippen LogP contribution is -2.14. The number of terminal acetylenes is 1. The van der Waals surface area contributed by atoms with Gasteiger partial charge in [0.15, 0.2) is 0 Å². The van der Waals surface area contributed by atoms with Crippen LogP contribution in [-0.2, 0) is 24.4 Å². The van der Waals surface area contributed by atoms with Gasteiger partial charge in [-0.2, -0.15) is 0 Å². The van der Waals surface area contributed by atoms with Gasteiger partial charge in [0.2, 0.25) is 0 Å². The summed E-state index contributed by atoms with van der Waals surface area (Å²) >= 11 is 3.49. The van der Waals surface area contributed by atoms with E-state index in [0.717, 1.165) is 22.3 Å². The quantitative estimate of drug-likeness (QED) is 0.711. The van der Waals surface area contributed by atoms with Gasteiger partial charge in [-0.1, -0.05) is 46.1 Å². The molecule has 2 aromatic rings. The SMILES string of the molecule is C#CCOc1ccc(Br)cc1CNCc1ccc(COC)cc1. The van der Waals surface area contributed by atoms with Gasteiger partial charge in [0.1, 0.15) is 12.4 Å². The fraction of sp³-hybridized carbons (Fsp3) is 0.263. The van der Waals surface area contributed by atoms with Crippen molar-refractivity contribution >= 4 is 15.9 Å². The van der Waals surface area contributed by atoms with E-state index in [4.69, 9.17) is 15.9 Å². The van der Waals surface area contributed by atoms with Crippen LogP contribution < -0.4 is 10.1 Å². The third-order valence-electron chi connectivity index (χ3n) is 3.31. The van der Waals surface area contributed by atoms with Crippen LogP contribution in [0.4, 0.5) is 0 Å². The van der Waals surface area contributed by atoms with E-state index in [1.54, 1.807) is 7.11 Å². The highest BCUT2D eigenvalue weighted by Crippen LogP contribution is 2.23. The molecule has 0 fully saturated rings. The minimum absolute atomic E-state index is 0.273. The van der Waals surface area contributed by atoms with Crippen molar-refractivity contribution in [2.24, 2.45) is 0 Å². The molecule has 0 aliphatic rings. The van der Waals surface area contributed by atoms with Gasteiger partial charge >= 0.3 is 0 Å². The fourth-order valence-electron chi connectivity index (χ4n) is 2.21. The van der Waals surface area contributed by atoms with E-state index in [1.165, 1.54) is 11.1 Å². The molecule has 0 amide bonds. The summed E-state index contributed by atoms with van der Waals surface area (Å²) in [5.74, 6) is 3.30. The van der Waals surface area contributed by atoms with Crippen LogP contribution in [0.15, 0.2) is 46.9 Å². The summed E-state index contributed by atoms with van der Waals surface area (Å²) in [6, 6.07) is 14.3. The molecule has 0 aliphatic heterocycles. The van der Waals surface area contributed by atoms with Crippen molar-refractivity contribution in [3.05, 3.63) is 63.6 Å². The van der Waals surface area contributed by atoms with Gasteiger partial charge in [0, 0.05) is 30.2 Å². The molecule has 0 atom stereocenters. The predicted octanol–water partition coefficient (Wildman–Crippen LogP) is 3.90. The van der Waals surface area contributed by atoms with E-state index < -0.39 is 0 Å². The molecule has 120 valence electrons. The van der Waals surface area contributed by atoms with E-state index in [2.05, 4.69) is 51.4 Å². The monoisotopic (exact) mass is 373 g/mol. The van der Waals surface area contributed by atoms with Crippen molar-refractivity contribution in [2.75, 3.05) is 13.7 Å². The van der Waals surface area contributed by atoms with Crippen molar-refractivity contribution in [1.29, 1.82) is 0 Å². The van der Waals surface area contributed by atoms with Gasteiger partial charge < -0.3 is 14.8 Å². The number of methoxy groups -OCH3 is 1. The zero-order chi connectivity index (χ0) is 16.5. The minimum Gasteiger partial charge on any atom is -0.481 e. The first-order valence-electron chi connectivity index (χ1n) is 7.35. The highest BCUT2D eigenvalue weighted by molar-refractivity contribution is 9.10. The molecular formula is C19H20BrNO2. The molecule has 1 N–H and O–H groups in total. The molecule has 0 aliphatic carbocycles. The second-order valence-corrected chi connectivity index (χ2v) is 6.01. The van der Waals surface area contributed by atoms with E-state index in [0.29, 0.717) is 13.2 Å². The molecule has 0 radical (unpaired) electrons. The first-order valence-corrected chi connectivity index (χ1v) is 8.14. The summed E-state index contributed by atoms with van der Waals surface area (Å²) in [6.45, 7) is 2.41. The van der Waals surface area contributed by atoms with Crippen LogP contribution in [-0.4, -0.2) is 13.7 Å². The van der Waals surface area contributed by atoms with Crippen molar-refractivity contribution in [3.8, 4) is 18.1 Å². The summed E-state index contributed by atoms with van der Waals surface area (Å²) < 4.78 is 11.7. The fourth-order valence-corrected chi connectivity index (χ4v) is 2.62. The molecule has 0 saturated heterocycles. The molecule has 0 unspecified atom stereocenters. The lowest BCUT2D eigenvalue weighted by Gasteiger charge is -2.11. The van der Waals surface area contributed by atoms with E-state index >= 15 is 0 Å². The predicted molar refractivity (Wildman–Crippen MR) is 96.2 cm³/mol. The number of nitrogens with one attached hydrogen (secondary N) is 1. The zero-order valence-corrected chi connectivity index (χ0v) is 14.7. The molecule has 4 heteroatoms. The Morgan fingerprint density at radius 2 is 1.83 bits per heavy atom. The Bertz CT molecular complexity index is 662. The number of benzene rings is 2. The van der Waals surface area contributed by atoms with E-state index in [9.17, 15) is 0 Å². The van der Waals surface area contributed by atoms with Gasteiger partial charge in [-0.3, -0.25) is 0 Å². The maximum absolute atomic E-state index is 5.58. The topological polar surface area (TPSA) is 30.5 Å². The van der Waals surface area contributed by atoms with Crippen LogP contribution >= 0.6 is 15.9 Å². The van der Waals surface area contributed by atoms with Gasteiger partial charge in [0.25, 0.3) is 0 Å². The highest BCUT2D eigenvalue weighted by Gasteiger charge is 2.04. The average molecular weight is 374 g/mol. The largest absolute Gasteiger partial charge is 0.481 e. The third kappa shape index (κ3) is 5.72. The smallest absolute Gasteiger partial charge is 0.148 e. The lowest BCUT2D eigenvalue weighted by atomic mass is 10.1.